The zero-order valence-electron chi connectivity index (χ0n) is 27.7. The van der Waals surface area contributed by atoms with Gasteiger partial charge in [-0.3, -0.25) is 19.2 Å². The van der Waals surface area contributed by atoms with E-state index in [9.17, 15) is 32.4 Å². The van der Waals surface area contributed by atoms with Crippen LogP contribution in [-0.4, -0.2) is 94.9 Å². The fraction of sp³-hybridized carbons (Fsp3) is 0.781. The van der Waals surface area contributed by atoms with Crippen molar-refractivity contribution in [3.8, 4) is 0 Å². The molecule has 0 unspecified atom stereocenters. The molecule has 4 fully saturated rings. The van der Waals surface area contributed by atoms with E-state index in [2.05, 4.69) is 27.8 Å². The number of carbonyl (C=O) groups excluding carboxylic acids is 5. The second-order valence-corrected chi connectivity index (χ2v) is 18.3. The molecule has 2 aliphatic carbocycles. The number of hydrogen-bond donors (Lipinski definition) is 4. The first kappa shape index (κ1) is 37.4. The van der Waals surface area contributed by atoms with Crippen molar-refractivity contribution in [2.75, 3.05) is 18.8 Å². The topological polar surface area (TPSA) is 171 Å². The number of fused-ring (bicyclic) bond motifs is 1. The van der Waals surface area contributed by atoms with Gasteiger partial charge in [0.1, 0.15) is 16.4 Å². The zero-order chi connectivity index (χ0) is 34.9. The molecular formula is C32H49Cl2N5O7S. The Morgan fingerprint density at radius 1 is 1.04 bits per heavy atom. The lowest BCUT2D eigenvalue weighted by Gasteiger charge is -2.43. The molecule has 0 spiro atoms. The molecule has 4 aliphatic rings. The fourth-order valence-electron chi connectivity index (χ4n) is 7.69. The third-order valence-electron chi connectivity index (χ3n) is 10.2. The van der Waals surface area contributed by atoms with Crippen LogP contribution < -0.4 is 21.3 Å². The number of nitrogens with one attached hydrogen (secondary N) is 4. The maximum atomic E-state index is 14.3. The minimum absolute atomic E-state index is 0.0565. The van der Waals surface area contributed by atoms with Gasteiger partial charge in [0.05, 0.1) is 22.6 Å². The number of halogens is 2. The normalized spacial score (nSPS) is 28.3. The van der Waals surface area contributed by atoms with E-state index in [-0.39, 0.29) is 25.3 Å². The van der Waals surface area contributed by atoms with Crippen LogP contribution in [0.5, 0.6) is 0 Å². The Labute approximate surface area is 287 Å². The van der Waals surface area contributed by atoms with Crippen molar-refractivity contribution in [1.82, 2.24) is 26.2 Å². The van der Waals surface area contributed by atoms with E-state index in [1.165, 1.54) is 11.0 Å². The number of rotatable bonds is 12. The fourth-order valence-corrected chi connectivity index (χ4v) is 10.9. The molecule has 5 amide bonds. The molecule has 4 N–H and O–H groups in total. The molecule has 264 valence electrons. The average Bonchev–Trinajstić information content (AvgIpc) is 3.30. The van der Waals surface area contributed by atoms with Crippen LogP contribution in [0.1, 0.15) is 85.5 Å². The molecule has 2 saturated heterocycles. The maximum Gasteiger partial charge on any atom is 0.315 e. The largest absolute Gasteiger partial charge is 0.346 e. The van der Waals surface area contributed by atoms with Crippen molar-refractivity contribution in [2.24, 2.45) is 17.3 Å². The average molecular weight is 719 g/mol. The Bertz CT molecular complexity index is 1380. The van der Waals surface area contributed by atoms with Gasteiger partial charge in [0, 0.05) is 24.9 Å². The van der Waals surface area contributed by atoms with Gasteiger partial charge in [-0.15, -0.1) is 29.8 Å². The summed E-state index contributed by atoms with van der Waals surface area (Å²) in [5, 5.41) is 10.3. The summed E-state index contributed by atoms with van der Waals surface area (Å²) in [5.74, 6) is -3.80. The van der Waals surface area contributed by atoms with Gasteiger partial charge in [-0.05, 0) is 37.5 Å². The predicted octanol–water partition coefficient (Wildman–Crippen LogP) is 2.77. The second-order valence-electron chi connectivity index (χ2n) is 14.6. The minimum Gasteiger partial charge on any atom is -0.346 e. The van der Waals surface area contributed by atoms with Crippen LogP contribution in [0, 0.1) is 17.3 Å². The molecule has 0 radical (unpaired) electrons. The number of amides is 5. The lowest BCUT2D eigenvalue weighted by atomic mass is 9.78. The minimum atomic E-state index is -3.38. The first-order valence-electron chi connectivity index (χ1n) is 16.6. The molecule has 0 aromatic carbocycles. The summed E-state index contributed by atoms with van der Waals surface area (Å²) < 4.78 is 24.7. The molecule has 2 saturated carbocycles. The highest BCUT2D eigenvalue weighted by Crippen LogP contribution is 2.65. The van der Waals surface area contributed by atoms with Gasteiger partial charge in [0.25, 0.3) is 5.91 Å². The van der Waals surface area contributed by atoms with Crippen molar-refractivity contribution in [1.29, 1.82) is 0 Å². The zero-order valence-corrected chi connectivity index (χ0v) is 30.0. The van der Waals surface area contributed by atoms with E-state index in [1.54, 1.807) is 20.8 Å². The number of alkyl halides is 2. The number of piperidine rings is 1. The van der Waals surface area contributed by atoms with Crippen molar-refractivity contribution < 1.29 is 32.4 Å². The summed E-state index contributed by atoms with van der Waals surface area (Å²) in [5.41, 5.74) is -1.74. The Morgan fingerprint density at radius 3 is 2.26 bits per heavy atom. The molecule has 2 heterocycles. The standard InChI is InChI=1S/C32H49Cl2N5O7S/c1-6-12-20(24(40)27(42)35-16-7-2)36-26(41)23-22-19(32(22,33)34)18-39(23)28(43)25(30(3,4)5)37-29(44)38-31(14-9-8-10-15-31)21-13-11-17-47(21,45)46/h7,19-23,25H,2,6,8-18H2,1,3-5H3,(H,35,42)(H,36,41)(H2,37,38,44)/t19-,20-,21+,22-,23-,25+/m0/s1. The molecule has 47 heavy (non-hydrogen) atoms. The van der Waals surface area contributed by atoms with Crippen molar-refractivity contribution in [3.05, 3.63) is 12.7 Å². The number of ketones is 1. The first-order valence-corrected chi connectivity index (χ1v) is 19.1. The maximum absolute atomic E-state index is 14.3. The van der Waals surface area contributed by atoms with Gasteiger partial charge >= 0.3 is 6.03 Å². The molecule has 4 rings (SSSR count). The highest BCUT2D eigenvalue weighted by molar-refractivity contribution is 7.92. The number of likely N-dealkylation sites (tertiary alicyclic amines) is 1. The van der Waals surface area contributed by atoms with Gasteiger partial charge in [-0.2, -0.15) is 0 Å². The quantitative estimate of drug-likeness (QED) is 0.137. The van der Waals surface area contributed by atoms with Crippen LogP contribution in [0.3, 0.4) is 0 Å². The Hall–Kier alpha value is -2.38. The summed E-state index contributed by atoms with van der Waals surface area (Å²) in [6.45, 7) is 10.8. The van der Waals surface area contributed by atoms with Gasteiger partial charge in [0.15, 0.2) is 9.84 Å². The Balaban J connectivity index is 1.55. The SMILES string of the molecule is C=CCNC(=O)C(=O)[C@H](CCC)NC(=O)[C@@H]1[C@@H]2[C@H](CN1C(=O)[C@@H](NC(=O)NC1([C@H]3CCCS3(=O)=O)CCCCC1)C(C)(C)C)C2(Cl)Cl. The van der Waals surface area contributed by atoms with Crippen molar-refractivity contribution in [2.45, 2.75) is 119 Å². The third kappa shape index (κ3) is 7.77. The predicted molar refractivity (Wildman–Crippen MR) is 180 cm³/mol. The van der Waals surface area contributed by atoms with Crippen LogP contribution >= 0.6 is 23.2 Å². The van der Waals surface area contributed by atoms with Crippen LogP contribution in [-0.2, 0) is 29.0 Å². The van der Waals surface area contributed by atoms with E-state index in [4.69, 9.17) is 23.2 Å². The molecule has 0 bridgehead atoms. The first-order chi connectivity index (χ1) is 21.9. The molecule has 6 atom stereocenters. The molecule has 0 aromatic rings. The van der Waals surface area contributed by atoms with Crippen LogP contribution in [0.4, 0.5) is 4.79 Å². The summed E-state index contributed by atoms with van der Waals surface area (Å²) in [6.07, 6.45) is 6.75. The van der Waals surface area contributed by atoms with Crippen LogP contribution in [0.2, 0.25) is 0 Å². The number of carbonyl (C=O) groups is 5. The second kappa shape index (κ2) is 14.2. The van der Waals surface area contributed by atoms with Crippen LogP contribution in [0.15, 0.2) is 12.7 Å². The highest BCUT2D eigenvalue weighted by atomic mass is 35.5. The van der Waals surface area contributed by atoms with Gasteiger partial charge in [-0.25, -0.2) is 13.2 Å². The summed E-state index contributed by atoms with van der Waals surface area (Å²) >= 11 is 13.1. The van der Waals surface area contributed by atoms with Gasteiger partial charge in [0.2, 0.25) is 17.6 Å². The van der Waals surface area contributed by atoms with Crippen molar-refractivity contribution >= 4 is 62.6 Å². The summed E-state index contributed by atoms with van der Waals surface area (Å²) in [7, 11) is -3.38. The molecule has 2 aliphatic heterocycles. The number of Topliss-reactive ketones (excluding diaryl/α,β-unsaturated/α-hetero) is 1. The number of sulfone groups is 1. The van der Waals surface area contributed by atoms with E-state index in [0.29, 0.717) is 32.1 Å². The van der Waals surface area contributed by atoms with Crippen LogP contribution in [0.25, 0.3) is 0 Å². The van der Waals surface area contributed by atoms with Gasteiger partial charge < -0.3 is 26.2 Å². The lowest BCUT2D eigenvalue weighted by molar-refractivity contribution is -0.144. The number of urea groups is 1. The van der Waals surface area contributed by atoms with E-state index in [0.717, 1.165) is 19.3 Å². The Kier molecular flexibility index (Phi) is 11.3. The van der Waals surface area contributed by atoms with E-state index >= 15 is 0 Å². The van der Waals surface area contributed by atoms with Gasteiger partial charge in [-0.1, -0.05) is 59.5 Å². The molecule has 12 nitrogen and oxygen atoms in total. The van der Waals surface area contributed by atoms with E-state index in [1.807, 2.05) is 6.92 Å². The molecule has 0 aromatic heterocycles. The number of hydrogen-bond acceptors (Lipinski definition) is 7. The van der Waals surface area contributed by atoms with Crippen molar-refractivity contribution in [3.63, 3.8) is 0 Å². The number of nitrogens with zero attached hydrogens (tertiary/aromatic N) is 1. The molecule has 15 heteroatoms. The third-order valence-corrected chi connectivity index (χ3v) is 13.6. The van der Waals surface area contributed by atoms with E-state index < -0.39 is 89.9 Å². The highest BCUT2D eigenvalue weighted by Gasteiger charge is 2.74. The monoisotopic (exact) mass is 717 g/mol. The lowest BCUT2D eigenvalue weighted by Crippen LogP contribution is -2.65. The summed E-state index contributed by atoms with van der Waals surface area (Å²) in [4.78, 5) is 68.5. The smallest absolute Gasteiger partial charge is 0.315 e. The summed E-state index contributed by atoms with van der Waals surface area (Å²) in [6, 6.07) is -4.02. The Morgan fingerprint density at radius 2 is 1.70 bits per heavy atom. The molecular weight excluding hydrogens is 669 g/mol.